The Labute approximate surface area is 290 Å². The quantitative estimate of drug-likeness (QED) is 0.155. The summed E-state index contributed by atoms with van der Waals surface area (Å²) in [7, 11) is 0. The fraction of sp³-hybridized carbons (Fsp3) is 0.200. The zero-order valence-corrected chi connectivity index (χ0v) is 27.6. The maximum atomic E-state index is 14.1. The van der Waals surface area contributed by atoms with Gasteiger partial charge in [0.1, 0.15) is 5.75 Å². The van der Waals surface area contributed by atoms with Gasteiger partial charge in [-0.25, -0.2) is 0 Å². The summed E-state index contributed by atoms with van der Waals surface area (Å²) in [5.74, 6) is -0.698. The van der Waals surface area contributed by atoms with Crippen molar-refractivity contribution in [3.8, 4) is 11.5 Å². The molecule has 0 bridgehead atoms. The molecule has 50 heavy (non-hydrogen) atoms. The Kier molecular flexibility index (Phi) is 8.88. The van der Waals surface area contributed by atoms with E-state index < -0.39 is 17.4 Å². The lowest BCUT2D eigenvalue weighted by molar-refractivity contribution is -0.139. The number of benzene rings is 4. The molecule has 0 radical (unpaired) electrons. The summed E-state index contributed by atoms with van der Waals surface area (Å²) in [6.45, 7) is 6.27. The monoisotopic (exact) mass is 667 g/mol. The normalized spacial score (nSPS) is 17.9. The second-order valence-electron chi connectivity index (χ2n) is 12.4. The predicted molar refractivity (Wildman–Crippen MR) is 191 cm³/mol. The van der Waals surface area contributed by atoms with Gasteiger partial charge in [0.05, 0.1) is 35.2 Å². The van der Waals surface area contributed by atoms with Crippen molar-refractivity contribution in [2.24, 2.45) is 5.92 Å². The molecule has 7 rings (SSSR count). The van der Waals surface area contributed by atoms with Crippen molar-refractivity contribution >= 4 is 28.9 Å². The van der Waals surface area contributed by atoms with Gasteiger partial charge in [-0.05, 0) is 54.4 Å². The van der Waals surface area contributed by atoms with Crippen LogP contribution in [0.3, 0.4) is 0 Å². The molecular weight excluding hydrogens is 630 g/mol. The number of ether oxygens (including phenoxy) is 1. The van der Waals surface area contributed by atoms with Crippen molar-refractivity contribution in [1.29, 1.82) is 0 Å². The van der Waals surface area contributed by atoms with Crippen molar-refractivity contribution in [1.82, 2.24) is 15.0 Å². The number of hydrogen-bond acceptors (Lipinski definition) is 7. The van der Waals surface area contributed by atoms with Crippen LogP contribution >= 0.6 is 0 Å². The molecule has 0 fully saturated rings. The third kappa shape index (κ3) is 5.68. The third-order valence-corrected chi connectivity index (χ3v) is 9.38. The summed E-state index contributed by atoms with van der Waals surface area (Å²) >= 11 is 0. The molecule has 0 saturated heterocycles. The lowest BCUT2D eigenvalue weighted by Gasteiger charge is -2.28. The van der Waals surface area contributed by atoms with E-state index in [1.54, 1.807) is 65.0 Å². The first-order chi connectivity index (χ1) is 24.3. The van der Waals surface area contributed by atoms with Crippen LogP contribution in [-0.2, 0) is 16.9 Å². The van der Waals surface area contributed by atoms with Crippen molar-refractivity contribution in [2.75, 3.05) is 23.0 Å². The first kappa shape index (κ1) is 32.7. The van der Waals surface area contributed by atoms with E-state index >= 15 is 0 Å². The Morgan fingerprint density at radius 2 is 1.68 bits per heavy atom. The molecule has 5 aromatic rings. The van der Waals surface area contributed by atoms with E-state index in [9.17, 15) is 19.8 Å². The number of allylic oxidation sites excluding steroid dienone is 1. The average Bonchev–Trinajstić information content (AvgIpc) is 3.65. The van der Waals surface area contributed by atoms with Crippen LogP contribution < -0.4 is 14.5 Å². The molecule has 2 amide bonds. The van der Waals surface area contributed by atoms with E-state index in [4.69, 9.17) is 4.74 Å². The van der Waals surface area contributed by atoms with Gasteiger partial charge >= 0.3 is 0 Å². The third-order valence-electron chi connectivity index (χ3n) is 9.38. The number of aromatic nitrogens is 3. The minimum atomic E-state index is -1.90. The van der Waals surface area contributed by atoms with Crippen molar-refractivity contribution in [3.63, 3.8) is 0 Å². The van der Waals surface area contributed by atoms with E-state index in [2.05, 4.69) is 16.9 Å². The Morgan fingerprint density at radius 1 is 0.940 bits per heavy atom. The molecule has 0 saturated carbocycles. The molecule has 1 aromatic heterocycles. The molecule has 1 unspecified atom stereocenters. The molecule has 10 nitrogen and oxygen atoms in total. The molecule has 0 aliphatic carbocycles. The first-order valence-electron chi connectivity index (χ1n) is 16.6. The summed E-state index contributed by atoms with van der Waals surface area (Å²) < 4.78 is 7.89. The maximum Gasteiger partial charge on any atom is 0.266 e. The van der Waals surface area contributed by atoms with Gasteiger partial charge in [0.25, 0.3) is 11.8 Å². The van der Waals surface area contributed by atoms with Gasteiger partial charge < -0.3 is 19.8 Å². The van der Waals surface area contributed by atoms with Crippen molar-refractivity contribution < 1.29 is 24.5 Å². The van der Waals surface area contributed by atoms with Crippen LogP contribution in [0.2, 0.25) is 0 Å². The highest BCUT2D eigenvalue weighted by Crippen LogP contribution is 2.49. The second kappa shape index (κ2) is 13.6. The number of carbonyl (C=O) groups is 2. The van der Waals surface area contributed by atoms with Crippen LogP contribution in [0.15, 0.2) is 128 Å². The molecule has 3 heterocycles. The first-order valence-corrected chi connectivity index (χ1v) is 16.6. The molecule has 4 aromatic carbocycles. The van der Waals surface area contributed by atoms with Crippen LogP contribution in [0.1, 0.15) is 46.4 Å². The molecule has 252 valence electrons. The van der Waals surface area contributed by atoms with Crippen LogP contribution in [0.5, 0.6) is 11.5 Å². The number of rotatable bonds is 11. The standard InChI is InChI=1S/C40H37N5O5/c1-3-22-44-34-21-20-29(45-35-17-8-10-19-37(35)50-36-18-9-7-16-30(36)38(45)47)24-32(34)40(49,39(44)48)27(2)13-11-12-23-43-25-33(41-42-43)31(26-46)28-14-5-4-6-15-28/h3-11,13-21,24-25,27,31,46,49H,1,12,22-23,26H2,2H3/b13-11+/t27-,31?,40+/m0/s1. The van der Waals surface area contributed by atoms with Crippen LogP contribution in [0.25, 0.3) is 0 Å². The number of aryl methyl sites for hydroxylation is 1. The van der Waals surface area contributed by atoms with Crippen LogP contribution in [0, 0.1) is 5.92 Å². The molecule has 2 aliphatic heterocycles. The summed E-state index contributed by atoms with van der Waals surface area (Å²) in [5.41, 5.74) is 2.12. The summed E-state index contributed by atoms with van der Waals surface area (Å²) in [6.07, 6.45) is 7.77. The Balaban J connectivity index is 1.16. The Hall–Kier alpha value is -5.84. The van der Waals surface area contributed by atoms with E-state index in [1.807, 2.05) is 72.9 Å². The number of aliphatic hydroxyl groups is 2. The number of anilines is 3. The molecular formula is C40H37N5O5. The molecule has 2 N–H and O–H groups in total. The van der Waals surface area contributed by atoms with Crippen molar-refractivity contribution in [3.05, 3.63) is 150 Å². The summed E-state index contributed by atoms with van der Waals surface area (Å²) in [4.78, 5) is 31.2. The minimum absolute atomic E-state index is 0.0850. The fourth-order valence-corrected chi connectivity index (χ4v) is 6.73. The average molecular weight is 668 g/mol. The predicted octanol–water partition coefficient (Wildman–Crippen LogP) is 6.49. The number of carbonyl (C=O) groups excluding carboxylic acids is 2. The van der Waals surface area contributed by atoms with E-state index in [0.29, 0.717) is 58.3 Å². The number of aliphatic hydroxyl groups excluding tert-OH is 1. The van der Waals surface area contributed by atoms with Gasteiger partial charge in [-0.3, -0.25) is 19.2 Å². The van der Waals surface area contributed by atoms with Gasteiger partial charge in [0.15, 0.2) is 11.4 Å². The van der Waals surface area contributed by atoms with E-state index in [0.717, 1.165) is 5.56 Å². The number of amides is 2. The van der Waals surface area contributed by atoms with Crippen molar-refractivity contribution in [2.45, 2.75) is 31.4 Å². The number of para-hydroxylation sites is 3. The van der Waals surface area contributed by atoms with Gasteiger partial charge in [0.2, 0.25) is 0 Å². The zero-order valence-electron chi connectivity index (χ0n) is 27.6. The topological polar surface area (TPSA) is 121 Å². The lowest BCUT2D eigenvalue weighted by Crippen LogP contribution is -2.44. The highest BCUT2D eigenvalue weighted by Gasteiger charge is 2.52. The van der Waals surface area contributed by atoms with Gasteiger partial charge in [0, 0.05) is 36.5 Å². The SMILES string of the molecule is C=CCN1C(=O)[C@@](O)([C@@H](C)/C=C/CCn2cc(C(CO)c3ccccc3)nn2)c2cc(N3C(=O)c4ccccc4Oc4ccccc43)ccc21. The highest BCUT2D eigenvalue weighted by atomic mass is 16.5. The van der Waals surface area contributed by atoms with E-state index in [1.165, 1.54) is 4.90 Å². The van der Waals surface area contributed by atoms with Crippen LogP contribution in [-0.4, -0.2) is 50.2 Å². The number of nitrogens with zero attached hydrogens (tertiary/aromatic N) is 5. The fourth-order valence-electron chi connectivity index (χ4n) is 6.73. The zero-order chi connectivity index (χ0) is 34.8. The molecule has 3 atom stereocenters. The maximum absolute atomic E-state index is 14.1. The Morgan fingerprint density at radius 3 is 2.46 bits per heavy atom. The largest absolute Gasteiger partial charge is 0.454 e. The van der Waals surface area contributed by atoms with Gasteiger partial charge in [-0.15, -0.1) is 11.7 Å². The Bertz CT molecular complexity index is 2090. The lowest BCUT2D eigenvalue weighted by atomic mass is 9.82. The molecule has 10 heteroatoms. The molecule has 2 aliphatic rings. The number of hydrogen-bond donors (Lipinski definition) is 2. The summed E-state index contributed by atoms with van der Waals surface area (Å²) in [6, 6.07) is 29.3. The highest BCUT2D eigenvalue weighted by molar-refractivity contribution is 6.15. The van der Waals surface area contributed by atoms with Gasteiger partial charge in [-0.2, -0.15) is 0 Å². The van der Waals surface area contributed by atoms with Gasteiger partial charge in [-0.1, -0.05) is 85.0 Å². The molecule has 0 spiro atoms. The minimum Gasteiger partial charge on any atom is -0.454 e. The second-order valence-corrected chi connectivity index (χ2v) is 12.4. The smallest absolute Gasteiger partial charge is 0.266 e. The van der Waals surface area contributed by atoms with Crippen LogP contribution in [0.4, 0.5) is 17.1 Å². The number of fused-ring (bicyclic) bond motifs is 3. The van der Waals surface area contributed by atoms with E-state index in [-0.39, 0.29) is 25.0 Å². The summed E-state index contributed by atoms with van der Waals surface area (Å²) in [5, 5.41) is 30.9.